The molecule has 5 nitrogen and oxygen atoms in total. The largest absolute Gasteiger partial charge is 0.433 e. The molecule has 0 amide bonds. The molecule has 1 N–H and O–H groups in total. The van der Waals surface area contributed by atoms with Gasteiger partial charge in [-0.1, -0.05) is 5.16 Å². The highest BCUT2D eigenvalue weighted by Crippen LogP contribution is 2.28. The number of hydrogen-bond acceptors (Lipinski definition) is 5. The number of halogens is 3. The van der Waals surface area contributed by atoms with E-state index in [0.29, 0.717) is 31.6 Å². The van der Waals surface area contributed by atoms with E-state index >= 15 is 0 Å². The number of nitrogens with zero attached hydrogens (tertiary/aromatic N) is 4. The lowest BCUT2D eigenvalue weighted by atomic mass is 10.1. The van der Waals surface area contributed by atoms with E-state index in [1.807, 2.05) is 0 Å². The molecule has 1 aromatic heterocycles. The molecule has 0 aromatic carbocycles. The van der Waals surface area contributed by atoms with Crippen LogP contribution in [0.25, 0.3) is 0 Å². The van der Waals surface area contributed by atoms with E-state index in [2.05, 4.69) is 15.1 Å². The van der Waals surface area contributed by atoms with Crippen LogP contribution in [-0.4, -0.2) is 34.0 Å². The van der Waals surface area contributed by atoms with Gasteiger partial charge in [-0.3, -0.25) is 0 Å². The van der Waals surface area contributed by atoms with E-state index < -0.39 is 11.9 Å². The fourth-order valence-corrected chi connectivity index (χ4v) is 1.72. The molecule has 0 aliphatic carbocycles. The van der Waals surface area contributed by atoms with Crippen LogP contribution >= 0.6 is 0 Å². The Labute approximate surface area is 101 Å². The Kier molecular flexibility index (Phi) is 3.35. The van der Waals surface area contributed by atoms with Crippen LogP contribution in [0, 0.1) is 0 Å². The summed E-state index contributed by atoms with van der Waals surface area (Å²) >= 11 is 0. The molecule has 0 unspecified atom stereocenters. The van der Waals surface area contributed by atoms with Crippen LogP contribution in [0.3, 0.4) is 0 Å². The van der Waals surface area contributed by atoms with Gasteiger partial charge < -0.3 is 10.1 Å². The van der Waals surface area contributed by atoms with Crippen LogP contribution in [-0.2, 0) is 6.18 Å². The van der Waals surface area contributed by atoms with Gasteiger partial charge in [-0.2, -0.15) is 13.2 Å². The normalized spacial score (nSPS) is 16.8. The van der Waals surface area contributed by atoms with Crippen molar-refractivity contribution in [2.75, 3.05) is 18.0 Å². The Morgan fingerprint density at radius 3 is 2.50 bits per heavy atom. The lowest BCUT2D eigenvalue weighted by Crippen LogP contribution is -2.35. The van der Waals surface area contributed by atoms with Crippen molar-refractivity contribution in [2.45, 2.75) is 19.0 Å². The maximum Gasteiger partial charge on any atom is 0.433 e. The molecule has 1 aliphatic rings. The van der Waals surface area contributed by atoms with Gasteiger partial charge in [0.05, 0.1) is 5.71 Å². The SMILES string of the molecule is ON=C1CCN(c2nccc(C(F)(F)F)n2)CC1. The molecule has 0 saturated carbocycles. The number of aromatic nitrogens is 2. The fourth-order valence-electron chi connectivity index (χ4n) is 1.72. The minimum atomic E-state index is -4.47. The lowest BCUT2D eigenvalue weighted by molar-refractivity contribution is -0.141. The second kappa shape index (κ2) is 4.79. The molecule has 0 bridgehead atoms. The van der Waals surface area contributed by atoms with E-state index in [1.165, 1.54) is 0 Å². The van der Waals surface area contributed by atoms with Crippen LogP contribution in [0.1, 0.15) is 18.5 Å². The highest BCUT2D eigenvalue weighted by molar-refractivity contribution is 5.85. The van der Waals surface area contributed by atoms with Gasteiger partial charge in [-0.05, 0) is 6.07 Å². The third kappa shape index (κ3) is 2.69. The van der Waals surface area contributed by atoms with Crippen LogP contribution in [0.2, 0.25) is 0 Å². The number of anilines is 1. The monoisotopic (exact) mass is 260 g/mol. The van der Waals surface area contributed by atoms with Gasteiger partial charge in [0.2, 0.25) is 5.95 Å². The molecular weight excluding hydrogens is 249 g/mol. The Bertz CT molecular complexity index is 451. The molecular formula is C10H11F3N4O. The van der Waals surface area contributed by atoms with Crippen molar-refractivity contribution in [2.24, 2.45) is 5.16 Å². The summed E-state index contributed by atoms with van der Waals surface area (Å²) in [6.45, 7) is 0.890. The first-order valence-corrected chi connectivity index (χ1v) is 5.35. The predicted molar refractivity (Wildman–Crippen MR) is 57.7 cm³/mol. The lowest BCUT2D eigenvalue weighted by Gasteiger charge is -2.27. The number of hydrogen-bond donors (Lipinski definition) is 1. The molecule has 2 rings (SSSR count). The van der Waals surface area contributed by atoms with Crippen molar-refractivity contribution < 1.29 is 18.4 Å². The number of alkyl halides is 3. The van der Waals surface area contributed by atoms with Crippen molar-refractivity contribution in [1.29, 1.82) is 0 Å². The van der Waals surface area contributed by atoms with Gasteiger partial charge in [0.25, 0.3) is 0 Å². The maximum absolute atomic E-state index is 12.5. The van der Waals surface area contributed by atoms with Crippen molar-refractivity contribution in [3.05, 3.63) is 18.0 Å². The first-order valence-electron chi connectivity index (χ1n) is 5.35. The van der Waals surface area contributed by atoms with Crippen molar-refractivity contribution >= 4 is 11.7 Å². The van der Waals surface area contributed by atoms with Gasteiger partial charge >= 0.3 is 6.18 Å². The second-order valence-electron chi connectivity index (χ2n) is 3.89. The molecule has 1 aromatic rings. The summed E-state index contributed by atoms with van der Waals surface area (Å²) in [4.78, 5) is 8.99. The Balaban J connectivity index is 2.15. The average molecular weight is 260 g/mol. The molecule has 1 saturated heterocycles. The zero-order valence-corrected chi connectivity index (χ0v) is 9.35. The third-order valence-corrected chi connectivity index (χ3v) is 2.70. The zero-order chi connectivity index (χ0) is 13.2. The smallest absolute Gasteiger partial charge is 0.411 e. The van der Waals surface area contributed by atoms with Gasteiger partial charge in [0, 0.05) is 32.1 Å². The Morgan fingerprint density at radius 2 is 1.94 bits per heavy atom. The summed E-state index contributed by atoms with van der Waals surface area (Å²) in [5.74, 6) is 0.0572. The van der Waals surface area contributed by atoms with Gasteiger partial charge in [-0.15, -0.1) is 0 Å². The van der Waals surface area contributed by atoms with Crippen molar-refractivity contribution in [3.63, 3.8) is 0 Å². The number of rotatable bonds is 1. The second-order valence-corrected chi connectivity index (χ2v) is 3.89. The Morgan fingerprint density at radius 1 is 1.28 bits per heavy atom. The first kappa shape index (κ1) is 12.6. The molecule has 1 fully saturated rings. The number of piperidine rings is 1. The average Bonchev–Trinajstić information content (AvgIpc) is 2.38. The summed E-state index contributed by atoms with van der Waals surface area (Å²) in [7, 11) is 0. The van der Waals surface area contributed by atoms with E-state index in [4.69, 9.17) is 5.21 Å². The van der Waals surface area contributed by atoms with Gasteiger partial charge in [0.1, 0.15) is 5.69 Å². The highest BCUT2D eigenvalue weighted by Gasteiger charge is 2.33. The van der Waals surface area contributed by atoms with Crippen LogP contribution in [0.15, 0.2) is 17.4 Å². The summed E-state index contributed by atoms with van der Waals surface area (Å²) in [6, 6.07) is 0.841. The minimum Gasteiger partial charge on any atom is -0.411 e. The van der Waals surface area contributed by atoms with E-state index in [1.54, 1.807) is 4.90 Å². The van der Waals surface area contributed by atoms with Gasteiger partial charge in [-0.25, -0.2) is 9.97 Å². The standard InChI is InChI=1S/C10H11F3N4O/c11-10(12,13)8-1-4-14-9(15-8)17-5-2-7(16-18)3-6-17/h1,4,18H,2-3,5-6H2. The maximum atomic E-state index is 12.5. The molecule has 98 valence electrons. The Hall–Kier alpha value is -1.86. The van der Waals surface area contributed by atoms with Crippen LogP contribution < -0.4 is 4.90 Å². The summed E-state index contributed by atoms with van der Waals surface area (Å²) in [5.41, 5.74) is -0.313. The van der Waals surface area contributed by atoms with E-state index in [-0.39, 0.29) is 5.95 Å². The molecule has 2 heterocycles. The zero-order valence-electron chi connectivity index (χ0n) is 9.35. The van der Waals surface area contributed by atoms with Crippen LogP contribution in [0.5, 0.6) is 0 Å². The third-order valence-electron chi connectivity index (χ3n) is 2.70. The first-order chi connectivity index (χ1) is 8.50. The molecule has 0 radical (unpaired) electrons. The van der Waals surface area contributed by atoms with Crippen molar-refractivity contribution in [3.8, 4) is 0 Å². The predicted octanol–water partition coefficient (Wildman–Crippen LogP) is 1.93. The molecule has 8 heteroatoms. The molecule has 0 spiro atoms. The fraction of sp³-hybridized carbons (Fsp3) is 0.500. The van der Waals surface area contributed by atoms with Gasteiger partial charge in [0.15, 0.2) is 0 Å². The minimum absolute atomic E-state index is 0.0572. The summed E-state index contributed by atoms with van der Waals surface area (Å²) in [6.07, 6.45) is -2.38. The summed E-state index contributed by atoms with van der Waals surface area (Å²) < 4.78 is 37.5. The molecule has 1 aliphatic heterocycles. The quantitative estimate of drug-likeness (QED) is 0.619. The molecule has 18 heavy (non-hydrogen) atoms. The van der Waals surface area contributed by atoms with Crippen LogP contribution in [0.4, 0.5) is 19.1 Å². The van der Waals surface area contributed by atoms with Crippen molar-refractivity contribution in [1.82, 2.24) is 9.97 Å². The van der Waals surface area contributed by atoms with E-state index in [0.717, 1.165) is 12.3 Å². The topological polar surface area (TPSA) is 61.6 Å². The number of oxime groups is 1. The summed E-state index contributed by atoms with van der Waals surface area (Å²) in [5, 5.41) is 11.7. The molecule has 0 atom stereocenters. The van der Waals surface area contributed by atoms with E-state index in [9.17, 15) is 13.2 Å². The highest BCUT2D eigenvalue weighted by atomic mass is 19.4.